The smallest absolute Gasteiger partial charge is 0.239 e. The van der Waals surface area contributed by atoms with Crippen molar-refractivity contribution in [2.45, 2.75) is 46.2 Å². The molecule has 1 fully saturated rings. The number of aliphatic imine (C=N–C) groups is 1. The van der Waals surface area contributed by atoms with E-state index in [1.165, 1.54) is 43.5 Å². The van der Waals surface area contributed by atoms with E-state index in [9.17, 15) is 4.79 Å². The van der Waals surface area contributed by atoms with Crippen molar-refractivity contribution in [3.63, 3.8) is 0 Å². The van der Waals surface area contributed by atoms with Crippen LogP contribution in [0.1, 0.15) is 44.2 Å². The van der Waals surface area contributed by atoms with Gasteiger partial charge in [-0.2, -0.15) is 0 Å². The average Bonchev–Trinajstić information content (AvgIpc) is 2.66. The third kappa shape index (κ3) is 7.44. The minimum atomic E-state index is -0.0276. The molecule has 3 N–H and O–H groups in total. The molecule has 1 amide bonds. The second kappa shape index (κ2) is 11.5. The van der Waals surface area contributed by atoms with Crippen molar-refractivity contribution in [3.05, 3.63) is 35.4 Å². The molecule has 1 aliphatic rings. The first-order valence-electron chi connectivity index (χ1n) is 9.80. The van der Waals surface area contributed by atoms with E-state index in [0.29, 0.717) is 19.0 Å². The Bertz CT molecular complexity index is 564. The summed E-state index contributed by atoms with van der Waals surface area (Å²) in [5.74, 6) is 0.635. The van der Waals surface area contributed by atoms with E-state index < -0.39 is 0 Å². The number of likely N-dealkylation sites (N-methyl/N-ethyl adjacent to an activating group) is 1. The fourth-order valence-electron chi connectivity index (χ4n) is 3.06. The third-order valence-corrected chi connectivity index (χ3v) is 4.43. The lowest BCUT2D eigenvalue weighted by atomic mass is 10.1. The van der Waals surface area contributed by atoms with Gasteiger partial charge >= 0.3 is 0 Å². The number of nitrogens with zero attached hydrogens (tertiary/aromatic N) is 2. The van der Waals surface area contributed by atoms with Crippen LogP contribution in [0.15, 0.2) is 29.3 Å². The van der Waals surface area contributed by atoms with E-state index in [1.807, 2.05) is 13.8 Å². The van der Waals surface area contributed by atoms with Crippen molar-refractivity contribution in [2.24, 2.45) is 4.99 Å². The van der Waals surface area contributed by atoms with Crippen molar-refractivity contribution >= 4 is 11.9 Å². The number of rotatable bonds is 8. The molecule has 0 atom stereocenters. The third-order valence-electron chi connectivity index (χ3n) is 4.43. The molecule has 2 rings (SSSR count). The Balaban J connectivity index is 1.84. The van der Waals surface area contributed by atoms with Crippen molar-refractivity contribution in [3.8, 4) is 0 Å². The van der Waals surface area contributed by atoms with E-state index >= 15 is 0 Å². The first-order valence-corrected chi connectivity index (χ1v) is 9.80. The molecule has 0 spiro atoms. The second-order valence-electron chi connectivity index (χ2n) is 6.66. The largest absolute Gasteiger partial charge is 0.357 e. The number of amides is 1. The summed E-state index contributed by atoms with van der Waals surface area (Å²) >= 11 is 0. The van der Waals surface area contributed by atoms with E-state index in [2.05, 4.69) is 50.1 Å². The maximum atomic E-state index is 11.6. The van der Waals surface area contributed by atoms with Crippen molar-refractivity contribution in [1.82, 2.24) is 20.9 Å². The van der Waals surface area contributed by atoms with Gasteiger partial charge in [0.15, 0.2) is 5.96 Å². The number of carbonyl (C=O) groups is 1. The molecule has 26 heavy (non-hydrogen) atoms. The molecule has 0 radical (unpaired) electrons. The van der Waals surface area contributed by atoms with Crippen LogP contribution in [0.25, 0.3) is 0 Å². The summed E-state index contributed by atoms with van der Waals surface area (Å²) in [5.41, 5.74) is 2.53. The number of piperidine rings is 1. The Hall–Kier alpha value is -2.08. The molecular weight excluding hydrogens is 326 g/mol. The molecular formula is C20H33N5O. The Kier molecular flexibility index (Phi) is 8.96. The molecule has 6 heteroatoms. The predicted octanol–water partition coefficient (Wildman–Crippen LogP) is 1.86. The van der Waals surface area contributed by atoms with Gasteiger partial charge in [-0.25, -0.2) is 4.99 Å². The summed E-state index contributed by atoms with van der Waals surface area (Å²) in [4.78, 5) is 18.7. The van der Waals surface area contributed by atoms with E-state index in [-0.39, 0.29) is 12.5 Å². The van der Waals surface area contributed by atoms with Crippen LogP contribution in [0, 0.1) is 0 Å². The van der Waals surface area contributed by atoms with Crippen LogP contribution >= 0.6 is 0 Å². The van der Waals surface area contributed by atoms with Crippen LogP contribution in [0.2, 0.25) is 0 Å². The quantitative estimate of drug-likeness (QED) is 0.490. The van der Waals surface area contributed by atoms with Crippen molar-refractivity contribution in [1.29, 1.82) is 0 Å². The summed E-state index contributed by atoms with van der Waals surface area (Å²) < 4.78 is 0. The van der Waals surface area contributed by atoms with Gasteiger partial charge in [0.1, 0.15) is 0 Å². The van der Waals surface area contributed by atoms with Crippen LogP contribution < -0.4 is 16.0 Å². The highest BCUT2D eigenvalue weighted by atomic mass is 16.1. The fourth-order valence-corrected chi connectivity index (χ4v) is 3.06. The molecule has 0 unspecified atom stereocenters. The SMILES string of the molecule is CCNC(=O)CNC(=NCc1ccc(CN2CCCCC2)cc1)NCC. The summed E-state index contributed by atoms with van der Waals surface area (Å²) in [6.07, 6.45) is 4.02. The average molecular weight is 360 g/mol. The monoisotopic (exact) mass is 359 g/mol. The first kappa shape index (κ1) is 20.2. The lowest BCUT2D eigenvalue weighted by molar-refractivity contribution is -0.119. The van der Waals surface area contributed by atoms with Gasteiger partial charge in [-0.3, -0.25) is 9.69 Å². The van der Waals surface area contributed by atoms with Gasteiger partial charge in [0, 0.05) is 19.6 Å². The van der Waals surface area contributed by atoms with Gasteiger partial charge in [0.25, 0.3) is 0 Å². The van der Waals surface area contributed by atoms with Crippen LogP contribution in [0.3, 0.4) is 0 Å². The van der Waals surface area contributed by atoms with Gasteiger partial charge in [0.05, 0.1) is 13.1 Å². The Morgan fingerprint density at radius 3 is 2.27 bits per heavy atom. The zero-order valence-corrected chi connectivity index (χ0v) is 16.2. The highest BCUT2D eigenvalue weighted by molar-refractivity contribution is 5.86. The maximum absolute atomic E-state index is 11.6. The van der Waals surface area contributed by atoms with Crippen LogP contribution in [-0.4, -0.2) is 49.5 Å². The molecule has 0 aromatic heterocycles. The van der Waals surface area contributed by atoms with Crippen LogP contribution in [0.5, 0.6) is 0 Å². The molecule has 1 aliphatic heterocycles. The molecule has 1 saturated heterocycles. The number of benzene rings is 1. The molecule has 1 heterocycles. The molecule has 0 aliphatic carbocycles. The first-order chi connectivity index (χ1) is 12.7. The molecule has 1 aromatic carbocycles. The number of hydrogen-bond acceptors (Lipinski definition) is 3. The molecule has 6 nitrogen and oxygen atoms in total. The van der Waals surface area contributed by atoms with Crippen LogP contribution in [-0.2, 0) is 17.9 Å². The summed E-state index contributed by atoms with van der Waals surface area (Å²) in [6.45, 7) is 9.62. The molecule has 144 valence electrons. The Labute approximate surface area is 157 Å². The molecule has 0 bridgehead atoms. The summed E-state index contributed by atoms with van der Waals surface area (Å²) in [6, 6.07) is 8.70. The zero-order valence-electron chi connectivity index (χ0n) is 16.2. The second-order valence-corrected chi connectivity index (χ2v) is 6.66. The predicted molar refractivity (Wildman–Crippen MR) is 107 cm³/mol. The van der Waals surface area contributed by atoms with Gasteiger partial charge in [-0.1, -0.05) is 30.7 Å². The van der Waals surface area contributed by atoms with E-state index in [1.54, 1.807) is 0 Å². The Morgan fingerprint density at radius 2 is 1.62 bits per heavy atom. The fraction of sp³-hybridized carbons (Fsp3) is 0.600. The number of likely N-dealkylation sites (tertiary alicyclic amines) is 1. The summed E-state index contributed by atoms with van der Waals surface area (Å²) in [7, 11) is 0. The van der Waals surface area contributed by atoms with Gasteiger partial charge in [-0.05, 0) is 50.9 Å². The highest BCUT2D eigenvalue weighted by Crippen LogP contribution is 2.13. The highest BCUT2D eigenvalue weighted by Gasteiger charge is 2.10. The molecule has 1 aromatic rings. The number of hydrogen-bond donors (Lipinski definition) is 3. The van der Waals surface area contributed by atoms with E-state index in [4.69, 9.17) is 0 Å². The van der Waals surface area contributed by atoms with Gasteiger partial charge in [0.2, 0.25) is 5.91 Å². The maximum Gasteiger partial charge on any atom is 0.239 e. The number of nitrogens with one attached hydrogen (secondary N) is 3. The van der Waals surface area contributed by atoms with Gasteiger partial charge in [-0.15, -0.1) is 0 Å². The number of guanidine groups is 1. The standard InChI is InChI=1S/C20H33N5O/c1-3-21-19(26)15-24-20(22-4-2)23-14-17-8-10-18(11-9-17)16-25-12-6-5-7-13-25/h8-11H,3-7,12-16H2,1-2H3,(H,21,26)(H2,22,23,24). The van der Waals surface area contributed by atoms with Crippen molar-refractivity contribution < 1.29 is 4.79 Å². The summed E-state index contributed by atoms with van der Waals surface area (Å²) in [5, 5.41) is 9.00. The normalized spacial score (nSPS) is 15.5. The molecule has 0 saturated carbocycles. The topological polar surface area (TPSA) is 68.8 Å². The Morgan fingerprint density at radius 1 is 0.962 bits per heavy atom. The minimum Gasteiger partial charge on any atom is -0.357 e. The van der Waals surface area contributed by atoms with Crippen molar-refractivity contribution in [2.75, 3.05) is 32.7 Å². The lowest BCUT2D eigenvalue weighted by Gasteiger charge is -2.26. The zero-order chi connectivity index (χ0) is 18.6. The number of carbonyl (C=O) groups excluding carboxylic acids is 1. The minimum absolute atomic E-state index is 0.0276. The van der Waals surface area contributed by atoms with E-state index in [0.717, 1.165) is 13.1 Å². The lowest BCUT2D eigenvalue weighted by Crippen LogP contribution is -2.43. The van der Waals surface area contributed by atoms with Crippen LogP contribution in [0.4, 0.5) is 0 Å². The van der Waals surface area contributed by atoms with Gasteiger partial charge < -0.3 is 16.0 Å².